The molecule has 5 heteroatoms. The maximum absolute atomic E-state index is 4.89. The van der Waals surface area contributed by atoms with Crippen LogP contribution in [0.1, 0.15) is 36.6 Å². The molecule has 3 aromatic rings. The van der Waals surface area contributed by atoms with Gasteiger partial charge >= 0.3 is 0 Å². The van der Waals surface area contributed by atoms with Crippen molar-refractivity contribution in [3.05, 3.63) is 35.6 Å². The first kappa shape index (κ1) is 15.8. The first-order valence-corrected chi connectivity index (χ1v) is 9.58. The summed E-state index contributed by atoms with van der Waals surface area (Å²) in [6.07, 6.45) is 9.27. The van der Waals surface area contributed by atoms with Crippen LogP contribution in [0.25, 0.3) is 21.3 Å². The van der Waals surface area contributed by atoms with Gasteiger partial charge in [0.15, 0.2) is 0 Å². The zero-order valence-electron chi connectivity index (χ0n) is 14.3. The van der Waals surface area contributed by atoms with Crippen molar-refractivity contribution in [2.75, 3.05) is 13.6 Å². The Morgan fingerprint density at radius 2 is 2.17 bits per heavy atom. The Kier molecular flexibility index (Phi) is 4.37. The van der Waals surface area contributed by atoms with Crippen LogP contribution in [0, 0.1) is 5.92 Å². The molecule has 126 valence electrons. The molecule has 4 nitrogen and oxygen atoms in total. The smallest absolute Gasteiger partial charge is 0.0969 e. The second kappa shape index (κ2) is 6.65. The van der Waals surface area contributed by atoms with Crippen LogP contribution in [-0.4, -0.2) is 28.4 Å². The average molecular weight is 340 g/mol. The fraction of sp³-hybridized carbons (Fsp3) is 0.474. The molecule has 0 spiro atoms. The van der Waals surface area contributed by atoms with Gasteiger partial charge in [-0.3, -0.25) is 4.68 Å². The minimum atomic E-state index is 0.684. The summed E-state index contributed by atoms with van der Waals surface area (Å²) in [7, 11) is 3.99. The van der Waals surface area contributed by atoms with E-state index in [-0.39, 0.29) is 0 Å². The van der Waals surface area contributed by atoms with Crippen molar-refractivity contribution in [1.82, 2.24) is 20.1 Å². The Hall–Kier alpha value is -1.72. The van der Waals surface area contributed by atoms with E-state index in [0.29, 0.717) is 5.92 Å². The van der Waals surface area contributed by atoms with Crippen LogP contribution < -0.4 is 5.32 Å². The summed E-state index contributed by atoms with van der Waals surface area (Å²) in [6, 6.07) is 6.57. The number of hydrogen-bond acceptors (Lipinski definition) is 4. The van der Waals surface area contributed by atoms with E-state index in [1.165, 1.54) is 46.5 Å². The molecule has 0 unspecified atom stereocenters. The van der Waals surface area contributed by atoms with Gasteiger partial charge < -0.3 is 5.32 Å². The van der Waals surface area contributed by atoms with Crippen molar-refractivity contribution in [3.8, 4) is 11.1 Å². The lowest BCUT2D eigenvalue weighted by molar-refractivity contribution is 0.243. The first-order chi connectivity index (χ1) is 11.7. The predicted molar refractivity (Wildman–Crippen MR) is 100 cm³/mol. The first-order valence-electron chi connectivity index (χ1n) is 8.77. The normalized spacial score (nSPS) is 20.4. The number of nitrogens with zero attached hydrogens (tertiary/aromatic N) is 3. The quantitative estimate of drug-likeness (QED) is 0.684. The Morgan fingerprint density at radius 3 is 2.92 bits per heavy atom. The maximum atomic E-state index is 4.89. The van der Waals surface area contributed by atoms with Crippen molar-refractivity contribution < 1.29 is 0 Å². The standard InChI is InChI=1S/C19H24N4S/c1-20-7-3-4-13-8-15(9-13)19-22-17-6-5-14(10-18(17)24-19)16-11-21-23(2)12-16/h5-6,10-13,15,20H,3-4,7-9H2,1-2H3. The number of thiazole rings is 1. The van der Waals surface area contributed by atoms with Crippen LogP contribution in [0.2, 0.25) is 0 Å². The van der Waals surface area contributed by atoms with Crippen molar-refractivity contribution in [2.45, 2.75) is 31.6 Å². The summed E-state index contributed by atoms with van der Waals surface area (Å²) >= 11 is 1.88. The monoisotopic (exact) mass is 340 g/mol. The van der Waals surface area contributed by atoms with Crippen LogP contribution in [0.4, 0.5) is 0 Å². The third-order valence-electron chi connectivity index (χ3n) is 5.07. The molecule has 0 aliphatic heterocycles. The molecule has 1 saturated carbocycles. The summed E-state index contributed by atoms with van der Waals surface area (Å²) < 4.78 is 3.14. The topological polar surface area (TPSA) is 42.7 Å². The van der Waals surface area contributed by atoms with Crippen molar-refractivity contribution in [2.24, 2.45) is 13.0 Å². The molecule has 24 heavy (non-hydrogen) atoms. The second-order valence-electron chi connectivity index (χ2n) is 6.92. The Balaban J connectivity index is 1.46. The van der Waals surface area contributed by atoms with Gasteiger partial charge in [0, 0.05) is 24.7 Å². The Bertz CT molecular complexity index is 829. The van der Waals surface area contributed by atoms with Crippen LogP contribution in [0.5, 0.6) is 0 Å². The average Bonchev–Trinajstić information content (AvgIpc) is 3.14. The largest absolute Gasteiger partial charge is 0.320 e. The zero-order chi connectivity index (χ0) is 16.5. The minimum Gasteiger partial charge on any atom is -0.320 e. The molecule has 0 saturated heterocycles. The van der Waals surface area contributed by atoms with Crippen LogP contribution >= 0.6 is 11.3 Å². The third-order valence-corrected chi connectivity index (χ3v) is 6.25. The molecule has 2 aromatic heterocycles. The number of nitrogens with one attached hydrogen (secondary N) is 1. The molecule has 1 aromatic carbocycles. The molecular weight excluding hydrogens is 316 g/mol. The number of hydrogen-bond donors (Lipinski definition) is 1. The van der Waals surface area contributed by atoms with Gasteiger partial charge in [-0.2, -0.15) is 5.10 Å². The van der Waals surface area contributed by atoms with Gasteiger partial charge in [0.2, 0.25) is 0 Å². The second-order valence-corrected chi connectivity index (χ2v) is 7.98. The lowest BCUT2D eigenvalue weighted by atomic mass is 9.73. The van der Waals surface area contributed by atoms with Crippen LogP contribution in [-0.2, 0) is 7.05 Å². The van der Waals surface area contributed by atoms with Crippen molar-refractivity contribution in [1.29, 1.82) is 0 Å². The highest BCUT2D eigenvalue weighted by Crippen LogP contribution is 2.46. The summed E-state index contributed by atoms with van der Waals surface area (Å²) in [6.45, 7) is 1.14. The van der Waals surface area contributed by atoms with E-state index in [1.54, 1.807) is 0 Å². The molecule has 1 fully saturated rings. The van der Waals surface area contributed by atoms with Gasteiger partial charge in [0.25, 0.3) is 0 Å². The highest BCUT2D eigenvalue weighted by atomic mass is 32.1. The number of benzene rings is 1. The van der Waals surface area contributed by atoms with E-state index in [4.69, 9.17) is 4.98 Å². The minimum absolute atomic E-state index is 0.684. The lowest BCUT2D eigenvalue weighted by Crippen LogP contribution is -2.22. The molecule has 2 heterocycles. The van der Waals surface area contributed by atoms with Crippen LogP contribution in [0.3, 0.4) is 0 Å². The number of aryl methyl sites for hydroxylation is 1. The van der Waals surface area contributed by atoms with Crippen molar-refractivity contribution in [3.63, 3.8) is 0 Å². The van der Waals surface area contributed by atoms with E-state index in [2.05, 4.69) is 34.8 Å². The van der Waals surface area contributed by atoms with Gasteiger partial charge in [0.05, 0.1) is 21.4 Å². The highest BCUT2D eigenvalue weighted by molar-refractivity contribution is 7.18. The maximum Gasteiger partial charge on any atom is 0.0969 e. The van der Waals surface area contributed by atoms with E-state index in [1.807, 2.05) is 36.3 Å². The van der Waals surface area contributed by atoms with E-state index < -0.39 is 0 Å². The van der Waals surface area contributed by atoms with Crippen molar-refractivity contribution >= 4 is 21.6 Å². The molecule has 1 N–H and O–H groups in total. The van der Waals surface area contributed by atoms with Crippen LogP contribution in [0.15, 0.2) is 30.6 Å². The van der Waals surface area contributed by atoms with E-state index in [0.717, 1.165) is 18.0 Å². The predicted octanol–water partition coefficient (Wildman–Crippen LogP) is 4.19. The molecule has 0 bridgehead atoms. The number of rotatable bonds is 6. The van der Waals surface area contributed by atoms with Gasteiger partial charge in [-0.05, 0) is 62.9 Å². The van der Waals surface area contributed by atoms with Gasteiger partial charge in [-0.1, -0.05) is 6.07 Å². The molecule has 0 radical (unpaired) electrons. The summed E-state index contributed by atoms with van der Waals surface area (Å²) in [5.74, 6) is 1.59. The number of fused-ring (bicyclic) bond motifs is 1. The summed E-state index contributed by atoms with van der Waals surface area (Å²) in [5.41, 5.74) is 3.54. The molecule has 4 rings (SSSR count). The van der Waals surface area contributed by atoms with Gasteiger partial charge in [-0.25, -0.2) is 4.98 Å². The zero-order valence-corrected chi connectivity index (χ0v) is 15.1. The molecular formula is C19H24N4S. The molecule has 0 atom stereocenters. The summed E-state index contributed by atoms with van der Waals surface area (Å²) in [5, 5.41) is 8.84. The Labute approximate surface area is 146 Å². The Morgan fingerprint density at radius 1 is 1.29 bits per heavy atom. The third kappa shape index (κ3) is 3.10. The molecule has 0 amide bonds. The SMILES string of the molecule is CNCCCC1CC(c2nc3ccc(-c4cnn(C)c4)cc3s2)C1. The number of aromatic nitrogens is 3. The van der Waals surface area contributed by atoms with Gasteiger partial charge in [-0.15, -0.1) is 11.3 Å². The fourth-order valence-corrected chi connectivity index (χ4v) is 4.74. The van der Waals surface area contributed by atoms with E-state index >= 15 is 0 Å². The molecule has 1 aliphatic carbocycles. The fourth-order valence-electron chi connectivity index (χ4n) is 3.61. The summed E-state index contributed by atoms with van der Waals surface area (Å²) in [4.78, 5) is 4.89. The highest BCUT2D eigenvalue weighted by Gasteiger charge is 2.31. The van der Waals surface area contributed by atoms with Gasteiger partial charge in [0.1, 0.15) is 0 Å². The molecule has 1 aliphatic rings. The van der Waals surface area contributed by atoms with E-state index in [9.17, 15) is 0 Å². The lowest BCUT2D eigenvalue weighted by Gasteiger charge is -2.34.